The number of nitrogens with zero attached hydrogens (tertiary/aromatic N) is 2. The van der Waals surface area contributed by atoms with Crippen molar-refractivity contribution in [3.63, 3.8) is 0 Å². The number of anilines is 1. The van der Waals surface area contributed by atoms with Crippen LogP contribution in [0.15, 0.2) is 54.6 Å². The van der Waals surface area contributed by atoms with E-state index in [0.29, 0.717) is 23.0 Å². The monoisotopic (exact) mass is 385 g/mol. The van der Waals surface area contributed by atoms with Crippen LogP contribution in [0.1, 0.15) is 24.1 Å². The Bertz CT molecular complexity index is 960. The third-order valence-corrected chi connectivity index (χ3v) is 5.02. The molecule has 3 aromatic rings. The predicted octanol–water partition coefficient (Wildman–Crippen LogP) is 4.93. The van der Waals surface area contributed by atoms with Crippen LogP contribution in [0.4, 0.5) is 14.6 Å². The first-order valence-corrected chi connectivity index (χ1v) is 9.02. The molecule has 2 unspecified atom stereocenters. The van der Waals surface area contributed by atoms with Crippen molar-refractivity contribution in [2.24, 2.45) is 0 Å². The Labute approximate surface area is 161 Å². The van der Waals surface area contributed by atoms with Crippen LogP contribution in [-0.4, -0.2) is 30.4 Å². The number of aromatic nitrogens is 2. The van der Waals surface area contributed by atoms with Crippen LogP contribution >= 0.6 is 0 Å². The fourth-order valence-electron chi connectivity index (χ4n) is 3.58. The van der Waals surface area contributed by atoms with Crippen molar-refractivity contribution in [2.45, 2.75) is 24.9 Å². The van der Waals surface area contributed by atoms with Gasteiger partial charge in [0, 0.05) is 11.6 Å². The van der Waals surface area contributed by atoms with Crippen molar-refractivity contribution in [1.82, 2.24) is 9.78 Å². The van der Waals surface area contributed by atoms with Gasteiger partial charge in [0.2, 0.25) is 0 Å². The standard InChI is InChI=1S/C21H21F2N3O2/c1-27-18-9-8-14(10-19(18)28-2)15-11-17(21(22)23)26-20(24-15)12-16(25-26)13-6-4-3-5-7-13/h3-10,12,15,17,21,24H,11H2,1-2H3. The zero-order valence-electron chi connectivity index (χ0n) is 15.6. The zero-order valence-corrected chi connectivity index (χ0v) is 15.6. The summed E-state index contributed by atoms with van der Waals surface area (Å²) in [6.45, 7) is 0. The third kappa shape index (κ3) is 3.28. The summed E-state index contributed by atoms with van der Waals surface area (Å²) < 4.78 is 39.7. The van der Waals surface area contributed by atoms with Crippen LogP contribution in [0.25, 0.3) is 11.3 Å². The molecule has 2 atom stereocenters. The summed E-state index contributed by atoms with van der Waals surface area (Å²) in [7, 11) is 3.12. The minimum absolute atomic E-state index is 0.218. The maximum Gasteiger partial charge on any atom is 0.260 e. The second-order valence-electron chi connectivity index (χ2n) is 6.67. The molecule has 4 rings (SSSR count). The molecule has 0 bridgehead atoms. The molecule has 0 fully saturated rings. The Morgan fingerprint density at radius 2 is 1.79 bits per heavy atom. The van der Waals surface area contributed by atoms with Gasteiger partial charge in [-0.2, -0.15) is 5.10 Å². The molecule has 5 nitrogen and oxygen atoms in total. The summed E-state index contributed by atoms with van der Waals surface area (Å²) in [4.78, 5) is 0. The fourth-order valence-corrected chi connectivity index (χ4v) is 3.58. The van der Waals surface area contributed by atoms with Gasteiger partial charge in [0.25, 0.3) is 6.43 Å². The summed E-state index contributed by atoms with van der Waals surface area (Å²) in [6, 6.07) is 15.5. The topological polar surface area (TPSA) is 48.3 Å². The minimum Gasteiger partial charge on any atom is -0.493 e. The molecule has 0 saturated heterocycles. The summed E-state index contributed by atoms with van der Waals surface area (Å²) in [6.07, 6.45) is -2.30. The normalized spacial score (nSPS) is 18.5. The number of rotatable bonds is 5. The molecule has 28 heavy (non-hydrogen) atoms. The number of methoxy groups -OCH3 is 2. The molecule has 0 spiro atoms. The first-order valence-electron chi connectivity index (χ1n) is 9.02. The lowest BCUT2D eigenvalue weighted by atomic mass is 9.97. The van der Waals surface area contributed by atoms with E-state index in [9.17, 15) is 8.78 Å². The molecule has 2 aromatic carbocycles. The van der Waals surface area contributed by atoms with Gasteiger partial charge in [-0.15, -0.1) is 0 Å². The van der Waals surface area contributed by atoms with Gasteiger partial charge in [0.1, 0.15) is 11.9 Å². The number of alkyl halides is 2. The highest BCUT2D eigenvalue weighted by molar-refractivity contribution is 5.64. The molecule has 0 aliphatic carbocycles. The van der Waals surface area contributed by atoms with E-state index in [2.05, 4.69) is 10.4 Å². The van der Waals surface area contributed by atoms with Gasteiger partial charge in [0.05, 0.1) is 26.0 Å². The highest BCUT2D eigenvalue weighted by Gasteiger charge is 2.35. The van der Waals surface area contributed by atoms with Crippen LogP contribution in [0, 0.1) is 0 Å². The van der Waals surface area contributed by atoms with E-state index in [4.69, 9.17) is 9.47 Å². The Kier molecular flexibility index (Phi) is 4.90. The number of ether oxygens (including phenoxy) is 2. The van der Waals surface area contributed by atoms with Crippen LogP contribution in [0.2, 0.25) is 0 Å². The Hall–Kier alpha value is -3.09. The molecule has 0 saturated carbocycles. The summed E-state index contributed by atoms with van der Waals surface area (Å²) in [5.41, 5.74) is 2.42. The molecule has 7 heteroatoms. The predicted molar refractivity (Wildman–Crippen MR) is 103 cm³/mol. The smallest absolute Gasteiger partial charge is 0.260 e. The maximum atomic E-state index is 13.8. The molecule has 0 amide bonds. The Morgan fingerprint density at radius 3 is 2.46 bits per heavy atom. The number of fused-ring (bicyclic) bond motifs is 1. The van der Waals surface area contributed by atoms with Gasteiger partial charge >= 0.3 is 0 Å². The van der Waals surface area contributed by atoms with E-state index in [0.717, 1.165) is 11.1 Å². The largest absolute Gasteiger partial charge is 0.493 e. The zero-order chi connectivity index (χ0) is 19.7. The van der Waals surface area contributed by atoms with Gasteiger partial charge in [0.15, 0.2) is 11.5 Å². The summed E-state index contributed by atoms with van der Waals surface area (Å²) >= 11 is 0. The fraction of sp³-hybridized carbons (Fsp3) is 0.286. The van der Waals surface area contributed by atoms with E-state index >= 15 is 0 Å². The van der Waals surface area contributed by atoms with Crippen LogP contribution in [0.5, 0.6) is 11.5 Å². The van der Waals surface area contributed by atoms with E-state index in [1.54, 1.807) is 20.3 Å². The maximum absolute atomic E-state index is 13.8. The van der Waals surface area contributed by atoms with Crippen molar-refractivity contribution in [3.8, 4) is 22.8 Å². The van der Waals surface area contributed by atoms with E-state index in [1.165, 1.54) is 4.68 Å². The Morgan fingerprint density at radius 1 is 1.04 bits per heavy atom. The van der Waals surface area contributed by atoms with Crippen molar-refractivity contribution in [3.05, 3.63) is 60.2 Å². The van der Waals surface area contributed by atoms with E-state index < -0.39 is 12.5 Å². The average Bonchev–Trinajstić information content (AvgIpc) is 3.17. The van der Waals surface area contributed by atoms with E-state index in [1.807, 2.05) is 48.5 Å². The molecular weight excluding hydrogens is 364 g/mol. The van der Waals surface area contributed by atoms with Crippen molar-refractivity contribution in [2.75, 3.05) is 19.5 Å². The highest BCUT2D eigenvalue weighted by Crippen LogP contribution is 2.41. The average molecular weight is 385 g/mol. The molecule has 1 aromatic heterocycles. The van der Waals surface area contributed by atoms with Crippen LogP contribution in [-0.2, 0) is 0 Å². The molecule has 2 heterocycles. The lowest BCUT2D eigenvalue weighted by Crippen LogP contribution is -2.30. The molecule has 1 N–H and O–H groups in total. The van der Waals surface area contributed by atoms with Crippen molar-refractivity contribution >= 4 is 5.82 Å². The first kappa shape index (κ1) is 18.3. The van der Waals surface area contributed by atoms with Gasteiger partial charge in [-0.3, -0.25) is 0 Å². The van der Waals surface area contributed by atoms with Crippen LogP contribution < -0.4 is 14.8 Å². The van der Waals surface area contributed by atoms with Gasteiger partial charge in [-0.05, 0) is 24.1 Å². The van der Waals surface area contributed by atoms with Crippen molar-refractivity contribution < 1.29 is 18.3 Å². The van der Waals surface area contributed by atoms with E-state index in [-0.39, 0.29) is 12.5 Å². The Balaban J connectivity index is 1.70. The second-order valence-corrected chi connectivity index (χ2v) is 6.67. The number of benzene rings is 2. The SMILES string of the molecule is COc1ccc(C2CC(C(F)F)n3nc(-c4ccccc4)cc3N2)cc1OC. The highest BCUT2D eigenvalue weighted by atomic mass is 19.3. The number of hydrogen-bond donors (Lipinski definition) is 1. The second kappa shape index (κ2) is 7.50. The van der Waals surface area contributed by atoms with Gasteiger partial charge < -0.3 is 14.8 Å². The lowest BCUT2D eigenvalue weighted by Gasteiger charge is -2.32. The van der Waals surface area contributed by atoms with Gasteiger partial charge in [-0.25, -0.2) is 13.5 Å². The molecule has 1 aliphatic heterocycles. The number of nitrogens with one attached hydrogen (secondary N) is 1. The quantitative estimate of drug-likeness (QED) is 0.677. The molecule has 1 aliphatic rings. The minimum atomic E-state index is -2.52. The first-order chi connectivity index (χ1) is 13.6. The molecule has 0 radical (unpaired) electrons. The molecule has 146 valence electrons. The van der Waals surface area contributed by atoms with Gasteiger partial charge in [-0.1, -0.05) is 36.4 Å². The third-order valence-electron chi connectivity index (χ3n) is 5.02. The van der Waals surface area contributed by atoms with Crippen LogP contribution in [0.3, 0.4) is 0 Å². The summed E-state index contributed by atoms with van der Waals surface area (Å²) in [5.74, 6) is 1.75. The lowest BCUT2D eigenvalue weighted by molar-refractivity contribution is 0.0659. The molecular formula is C21H21F2N3O2. The van der Waals surface area contributed by atoms with Crippen molar-refractivity contribution in [1.29, 1.82) is 0 Å². The number of hydrogen-bond acceptors (Lipinski definition) is 4. The summed E-state index contributed by atoms with van der Waals surface area (Å²) in [5, 5.41) is 7.79. The number of halogens is 2.